The zero-order valence-corrected chi connectivity index (χ0v) is 11.2. The van der Waals surface area contributed by atoms with Gasteiger partial charge in [-0.05, 0) is 38.5 Å². The molecule has 0 unspecified atom stereocenters. The fraction of sp³-hybridized carbons (Fsp3) is 0.429. The van der Waals surface area contributed by atoms with Crippen molar-refractivity contribution < 1.29 is 9.21 Å². The molecule has 18 heavy (non-hydrogen) atoms. The van der Waals surface area contributed by atoms with Crippen LogP contribution in [0.15, 0.2) is 22.6 Å². The molecular weight excluding hydrogens is 228 g/mol. The first-order valence-corrected chi connectivity index (χ1v) is 6.00. The summed E-state index contributed by atoms with van der Waals surface area (Å²) in [4.78, 5) is 16.0. The molecule has 4 heteroatoms. The molecular formula is C14H18N2O2. The van der Waals surface area contributed by atoms with E-state index in [1.807, 2.05) is 45.9 Å². The molecule has 0 fully saturated rings. The van der Waals surface area contributed by atoms with Crippen molar-refractivity contribution in [1.29, 1.82) is 0 Å². The highest BCUT2D eigenvalue weighted by Gasteiger charge is 2.14. The number of hydrogen-bond donors (Lipinski definition) is 1. The molecule has 0 aliphatic carbocycles. The Kier molecular flexibility index (Phi) is 3.11. The highest BCUT2D eigenvalue weighted by Crippen LogP contribution is 2.17. The van der Waals surface area contributed by atoms with Gasteiger partial charge >= 0.3 is 0 Å². The standard InChI is InChI=1S/C14H18N2O2/c1-9-15-11-6-5-10(7-12(11)18-9)8-13(17)16-14(2,3)4/h5-7H,8H2,1-4H3,(H,16,17). The van der Waals surface area contributed by atoms with Gasteiger partial charge < -0.3 is 9.73 Å². The van der Waals surface area contributed by atoms with Gasteiger partial charge in [-0.1, -0.05) is 6.07 Å². The Hall–Kier alpha value is -1.84. The maximum Gasteiger partial charge on any atom is 0.224 e. The molecule has 0 aliphatic heterocycles. The van der Waals surface area contributed by atoms with Crippen molar-refractivity contribution in [2.75, 3.05) is 0 Å². The van der Waals surface area contributed by atoms with Crippen molar-refractivity contribution >= 4 is 17.0 Å². The Morgan fingerprint density at radius 3 is 2.78 bits per heavy atom. The summed E-state index contributed by atoms with van der Waals surface area (Å²) in [5.74, 6) is 0.652. The molecule has 0 saturated carbocycles. The lowest BCUT2D eigenvalue weighted by molar-refractivity contribution is -0.121. The minimum absolute atomic E-state index is 0.0121. The minimum Gasteiger partial charge on any atom is -0.441 e. The lowest BCUT2D eigenvalue weighted by Crippen LogP contribution is -2.41. The molecule has 0 bridgehead atoms. The lowest BCUT2D eigenvalue weighted by atomic mass is 10.1. The maximum atomic E-state index is 11.8. The molecule has 0 aliphatic rings. The van der Waals surface area contributed by atoms with E-state index in [9.17, 15) is 4.79 Å². The highest BCUT2D eigenvalue weighted by atomic mass is 16.3. The molecule has 0 spiro atoms. The molecule has 96 valence electrons. The van der Waals surface area contributed by atoms with Crippen LogP contribution >= 0.6 is 0 Å². The van der Waals surface area contributed by atoms with Crippen LogP contribution in [0.4, 0.5) is 0 Å². The van der Waals surface area contributed by atoms with Gasteiger partial charge in [0.05, 0.1) is 6.42 Å². The van der Waals surface area contributed by atoms with Crippen LogP contribution in [0.2, 0.25) is 0 Å². The third kappa shape index (κ3) is 3.09. The van der Waals surface area contributed by atoms with Crippen LogP contribution in [-0.4, -0.2) is 16.4 Å². The van der Waals surface area contributed by atoms with E-state index in [4.69, 9.17) is 4.42 Å². The largest absolute Gasteiger partial charge is 0.441 e. The second-order valence-electron chi connectivity index (χ2n) is 5.51. The number of nitrogens with zero attached hydrogens (tertiary/aromatic N) is 1. The average molecular weight is 246 g/mol. The molecule has 1 aromatic carbocycles. The van der Waals surface area contributed by atoms with Gasteiger partial charge in [-0.3, -0.25) is 4.79 Å². The molecule has 1 heterocycles. The number of benzene rings is 1. The van der Waals surface area contributed by atoms with Crippen LogP contribution in [0.3, 0.4) is 0 Å². The number of nitrogens with one attached hydrogen (secondary N) is 1. The zero-order chi connectivity index (χ0) is 13.3. The second kappa shape index (κ2) is 4.44. The number of fused-ring (bicyclic) bond motifs is 1. The van der Waals surface area contributed by atoms with Crippen LogP contribution < -0.4 is 5.32 Å². The molecule has 4 nitrogen and oxygen atoms in total. The third-order valence-electron chi connectivity index (χ3n) is 2.44. The van der Waals surface area contributed by atoms with Gasteiger partial charge in [-0.2, -0.15) is 0 Å². The van der Waals surface area contributed by atoms with Gasteiger partial charge in [0.2, 0.25) is 5.91 Å². The average Bonchev–Trinajstić information content (AvgIpc) is 2.53. The summed E-state index contributed by atoms with van der Waals surface area (Å²) >= 11 is 0. The predicted molar refractivity (Wildman–Crippen MR) is 70.3 cm³/mol. The third-order valence-corrected chi connectivity index (χ3v) is 2.44. The first kappa shape index (κ1) is 12.6. The van der Waals surface area contributed by atoms with E-state index in [0.717, 1.165) is 16.7 Å². The van der Waals surface area contributed by atoms with E-state index in [-0.39, 0.29) is 11.4 Å². The van der Waals surface area contributed by atoms with Crippen LogP contribution in [-0.2, 0) is 11.2 Å². The monoisotopic (exact) mass is 246 g/mol. The van der Waals surface area contributed by atoms with E-state index in [1.165, 1.54) is 0 Å². The highest BCUT2D eigenvalue weighted by molar-refractivity contribution is 5.81. The summed E-state index contributed by atoms with van der Waals surface area (Å²) in [5, 5.41) is 2.94. The topological polar surface area (TPSA) is 55.1 Å². The van der Waals surface area contributed by atoms with E-state index in [2.05, 4.69) is 10.3 Å². The van der Waals surface area contributed by atoms with Gasteiger partial charge in [-0.15, -0.1) is 0 Å². The summed E-state index contributed by atoms with van der Waals surface area (Å²) in [6, 6.07) is 5.66. The molecule has 1 amide bonds. The number of hydrogen-bond acceptors (Lipinski definition) is 3. The molecule has 0 saturated heterocycles. The van der Waals surface area contributed by atoms with Gasteiger partial charge in [0.25, 0.3) is 0 Å². The number of aryl methyl sites for hydroxylation is 1. The number of carbonyl (C=O) groups is 1. The van der Waals surface area contributed by atoms with E-state index in [1.54, 1.807) is 0 Å². The summed E-state index contributed by atoms with van der Waals surface area (Å²) in [6.07, 6.45) is 0.354. The summed E-state index contributed by atoms with van der Waals surface area (Å²) < 4.78 is 5.45. The van der Waals surface area contributed by atoms with Crippen LogP contribution in [0.5, 0.6) is 0 Å². The first-order valence-electron chi connectivity index (χ1n) is 6.00. The second-order valence-corrected chi connectivity index (χ2v) is 5.51. The molecule has 0 radical (unpaired) electrons. The molecule has 2 rings (SSSR count). The fourth-order valence-corrected chi connectivity index (χ4v) is 1.84. The van der Waals surface area contributed by atoms with Crippen LogP contribution in [0, 0.1) is 6.92 Å². The van der Waals surface area contributed by atoms with Gasteiger partial charge in [0.15, 0.2) is 11.5 Å². The Labute approximate surface area is 106 Å². The number of rotatable bonds is 2. The molecule has 0 atom stereocenters. The van der Waals surface area contributed by atoms with Crippen LogP contribution in [0.1, 0.15) is 32.2 Å². The minimum atomic E-state index is -0.204. The van der Waals surface area contributed by atoms with E-state index >= 15 is 0 Å². The van der Waals surface area contributed by atoms with Crippen molar-refractivity contribution in [1.82, 2.24) is 10.3 Å². The van der Waals surface area contributed by atoms with Crippen molar-refractivity contribution in [2.24, 2.45) is 0 Å². The van der Waals surface area contributed by atoms with Gasteiger partial charge in [-0.25, -0.2) is 4.98 Å². The van der Waals surface area contributed by atoms with E-state index < -0.39 is 0 Å². The number of aromatic nitrogens is 1. The Morgan fingerprint density at radius 1 is 1.39 bits per heavy atom. The van der Waals surface area contributed by atoms with Crippen molar-refractivity contribution in [2.45, 2.75) is 39.7 Å². The molecule has 2 aromatic rings. The van der Waals surface area contributed by atoms with Crippen molar-refractivity contribution in [3.63, 3.8) is 0 Å². The van der Waals surface area contributed by atoms with Crippen LogP contribution in [0.25, 0.3) is 11.1 Å². The summed E-state index contributed by atoms with van der Waals surface area (Å²) in [7, 11) is 0. The first-order chi connectivity index (χ1) is 8.33. The summed E-state index contributed by atoms with van der Waals surface area (Å²) in [5.41, 5.74) is 2.28. The number of amides is 1. The Morgan fingerprint density at radius 2 is 2.11 bits per heavy atom. The van der Waals surface area contributed by atoms with Crippen molar-refractivity contribution in [3.05, 3.63) is 29.7 Å². The predicted octanol–water partition coefficient (Wildman–Crippen LogP) is 2.59. The molecule has 1 aromatic heterocycles. The summed E-state index contributed by atoms with van der Waals surface area (Å²) in [6.45, 7) is 7.71. The lowest BCUT2D eigenvalue weighted by Gasteiger charge is -2.20. The fourth-order valence-electron chi connectivity index (χ4n) is 1.84. The zero-order valence-electron chi connectivity index (χ0n) is 11.2. The Balaban J connectivity index is 2.14. The normalized spacial score (nSPS) is 11.8. The maximum absolute atomic E-state index is 11.8. The van der Waals surface area contributed by atoms with Gasteiger partial charge in [0.1, 0.15) is 5.52 Å². The SMILES string of the molecule is Cc1nc2ccc(CC(=O)NC(C)(C)C)cc2o1. The Bertz CT molecular complexity index is 579. The number of carbonyl (C=O) groups excluding carboxylic acids is 1. The van der Waals surface area contributed by atoms with E-state index in [0.29, 0.717) is 12.3 Å². The molecule has 1 N–H and O–H groups in total. The quantitative estimate of drug-likeness (QED) is 0.886. The smallest absolute Gasteiger partial charge is 0.224 e. The van der Waals surface area contributed by atoms with Gasteiger partial charge in [0, 0.05) is 12.5 Å². The van der Waals surface area contributed by atoms with Crippen molar-refractivity contribution in [3.8, 4) is 0 Å². The number of oxazole rings is 1.